The number of nitriles is 1. The smallest absolute Gasteiger partial charge is 0.304 e. The number of rotatable bonds is 0. The van der Waals surface area contributed by atoms with Crippen molar-refractivity contribution in [2.24, 2.45) is 0 Å². The normalized spacial score (nSPS) is 14.5. The molecule has 0 aliphatic carbocycles. The van der Waals surface area contributed by atoms with Gasteiger partial charge in [0.2, 0.25) is 0 Å². The Kier molecular flexibility index (Phi) is 9.97. The molecular weight excluding hydrogens is 302 g/mol. The third kappa shape index (κ3) is 4.75. The molecule has 0 saturated carbocycles. The minimum Gasteiger partial charge on any atom is -0.304 e. The largest absolute Gasteiger partial charge is 1.00 e. The average Bonchev–Trinajstić information content (AvgIpc) is 2.62. The molecule has 2 rings (SSSR count). The zero-order valence-electron chi connectivity index (χ0n) is 9.79. The van der Waals surface area contributed by atoms with Crippen molar-refractivity contribution in [2.75, 3.05) is 0 Å². The molecular formula is C11H4K2N2S2. The quantitative estimate of drug-likeness (QED) is 0.299. The predicted molar refractivity (Wildman–Crippen MR) is 59.8 cm³/mol. The van der Waals surface area contributed by atoms with Crippen LogP contribution in [0.2, 0.25) is 0 Å². The number of benzene rings is 1. The summed E-state index contributed by atoms with van der Waals surface area (Å²) in [4.78, 5) is 5.11. The van der Waals surface area contributed by atoms with E-state index in [4.69, 9.17) is 11.8 Å². The summed E-state index contributed by atoms with van der Waals surface area (Å²) in [5.41, 5.74) is 1.17. The summed E-state index contributed by atoms with van der Waals surface area (Å²) in [5.74, 6) is 0. The standard InChI is InChI=1S/C11H4N2S2.2K/c1-7-3-4-9-10(5-7)15-11(14-9)8(6-12)13-2;;/h3H,1H3;;/q-2;2*+1/b11-8-;;. The van der Waals surface area contributed by atoms with Crippen LogP contribution in [0, 0.1) is 37.0 Å². The van der Waals surface area contributed by atoms with Crippen molar-refractivity contribution in [3.05, 3.63) is 45.1 Å². The average molecular weight is 306 g/mol. The first-order valence-electron chi connectivity index (χ1n) is 4.06. The Morgan fingerprint density at radius 3 is 2.65 bits per heavy atom. The van der Waals surface area contributed by atoms with E-state index in [1.165, 1.54) is 23.5 Å². The monoisotopic (exact) mass is 306 g/mol. The Labute approximate surface area is 195 Å². The Bertz CT molecular complexity index is 525. The van der Waals surface area contributed by atoms with Gasteiger partial charge < -0.3 is 12.1 Å². The van der Waals surface area contributed by atoms with Gasteiger partial charge in [0.15, 0.2) is 0 Å². The van der Waals surface area contributed by atoms with E-state index in [9.17, 15) is 0 Å². The van der Waals surface area contributed by atoms with Crippen LogP contribution < -0.4 is 103 Å². The van der Waals surface area contributed by atoms with Crippen molar-refractivity contribution >= 4 is 23.5 Å². The molecule has 0 saturated heterocycles. The first-order valence-corrected chi connectivity index (χ1v) is 5.70. The maximum Gasteiger partial charge on any atom is 1.00 e. The second-order valence-corrected chi connectivity index (χ2v) is 5.12. The fourth-order valence-corrected chi connectivity index (χ4v) is 3.37. The molecule has 6 heteroatoms. The van der Waals surface area contributed by atoms with Crippen molar-refractivity contribution in [1.82, 2.24) is 0 Å². The fourth-order valence-electron chi connectivity index (χ4n) is 1.08. The molecule has 0 atom stereocenters. The van der Waals surface area contributed by atoms with Gasteiger partial charge in [0, 0.05) is 4.24 Å². The second-order valence-electron chi connectivity index (χ2n) is 2.82. The summed E-state index contributed by atoms with van der Waals surface area (Å²) in [5, 5.41) is 8.75. The molecule has 1 aromatic rings. The van der Waals surface area contributed by atoms with E-state index in [2.05, 4.69) is 17.0 Å². The summed E-state index contributed by atoms with van der Waals surface area (Å²) in [6.07, 6.45) is 0. The summed E-state index contributed by atoms with van der Waals surface area (Å²) >= 11 is 2.85. The second kappa shape index (κ2) is 8.96. The van der Waals surface area contributed by atoms with E-state index < -0.39 is 0 Å². The summed E-state index contributed by atoms with van der Waals surface area (Å²) in [6, 6.07) is 10.1. The van der Waals surface area contributed by atoms with E-state index in [1.807, 2.05) is 19.1 Å². The first-order chi connectivity index (χ1) is 7.24. The van der Waals surface area contributed by atoms with Gasteiger partial charge in [-0.15, -0.1) is 6.92 Å². The van der Waals surface area contributed by atoms with E-state index in [0.717, 1.165) is 19.6 Å². The maximum absolute atomic E-state index is 8.75. The Morgan fingerprint density at radius 1 is 1.41 bits per heavy atom. The molecule has 17 heavy (non-hydrogen) atoms. The molecule has 72 valence electrons. The van der Waals surface area contributed by atoms with E-state index in [-0.39, 0.29) is 108 Å². The van der Waals surface area contributed by atoms with Gasteiger partial charge in [-0.3, -0.25) is 11.6 Å². The number of nitrogens with zero attached hydrogens (tertiary/aromatic N) is 2. The van der Waals surface area contributed by atoms with Crippen molar-refractivity contribution < 1.29 is 103 Å². The van der Waals surface area contributed by atoms with Crippen LogP contribution in [-0.4, -0.2) is 0 Å². The fraction of sp³-hybridized carbons (Fsp3) is 0.0909. The molecule has 0 aromatic heterocycles. The van der Waals surface area contributed by atoms with Gasteiger partial charge in [0.1, 0.15) is 0 Å². The van der Waals surface area contributed by atoms with Crippen molar-refractivity contribution in [3.8, 4) is 6.07 Å². The molecule has 0 N–H and O–H groups in total. The van der Waals surface area contributed by atoms with Crippen LogP contribution in [-0.2, 0) is 0 Å². The molecule has 0 bridgehead atoms. The minimum absolute atomic E-state index is 0. The number of allylic oxidation sites excluding steroid dienone is 1. The van der Waals surface area contributed by atoms with Gasteiger partial charge in [0.05, 0.1) is 12.6 Å². The van der Waals surface area contributed by atoms with Crippen LogP contribution >= 0.6 is 23.5 Å². The first kappa shape index (κ1) is 18.9. The van der Waals surface area contributed by atoms with Crippen LogP contribution in [0.15, 0.2) is 25.8 Å². The molecule has 2 nitrogen and oxygen atoms in total. The van der Waals surface area contributed by atoms with Gasteiger partial charge >= 0.3 is 103 Å². The Morgan fingerprint density at radius 2 is 2.06 bits per heavy atom. The van der Waals surface area contributed by atoms with Gasteiger partial charge in [-0.1, -0.05) is 0 Å². The number of thioether (sulfide) groups is 2. The molecule has 0 unspecified atom stereocenters. The Hall–Kier alpha value is 1.91. The summed E-state index contributed by atoms with van der Waals surface area (Å²) < 4.78 is 0.737. The zero-order valence-corrected chi connectivity index (χ0v) is 17.7. The van der Waals surface area contributed by atoms with E-state index in [0.29, 0.717) is 0 Å². The number of fused-ring (bicyclic) bond motifs is 1. The number of aryl methyl sites for hydroxylation is 1. The van der Waals surface area contributed by atoms with Crippen LogP contribution in [0.5, 0.6) is 0 Å². The van der Waals surface area contributed by atoms with Crippen molar-refractivity contribution in [2.45, 2.75) is 16.7 Å². The van der Waals surface area contributed by atoms with Crippen molar-refractivity contribution in [1.29, 1.82) is 5.26 Å². The molecule has 0 radical (unpaired) electrons. The van der Waals surface area contributed by atoms with Gasteiger partial charge in [0.25, 0.3) is 5.70 Å². The topological polar surface area (TPSA) is 28.1 Å². The van der Waals surface area contributed by atoms with Crippen LogP contribution in [0.25, 0.3) is 4.85 Å². The predicted octanol–water partition coefficient (Wildman–Crippen LogP) is -2.59. The molecule has 1 aromatic carbocycles. The third-order valence-corrected chi connectivity index (χ3v) is 4.16. The van der Waals surface area contributed by atoms with E-state index in [1.54, 1.807) is 0 Å². The summed E-state index contributed by atoms with van der Waals surface area (Å²) in [6.45, 7) is 8.82. The molecule has 0 spiro atoms. The van der Waals surface area contributed by atoms with Gasteiger partial charge in [-0.25, -0.2) is 19.9 Å². The molecule has 0 fully saturated rings. The molecule has 1 aliphatic rings. The van der Waals surface area contributed by atoms with E-state index >= 15 is 0 Å². The Balaban J connectivity index is 0.00000128. The maximum atomic E-state index is 8.75. The molecule has 0 amide bonds. The molecule has 1 heterocycles. The molecule has 1 aliphatic heterocycles. The van der Waals surface area contributed by atoms with Crippen LogP contribution in [0.1, 0.15) is 5.56 Å². The third-order valence-electron chi connectivity index (χ3n) is 1.74. The minimum atomic E-state index is 0. The zero-order chi connectivity index (χ0) is 10.8. The van der Waals surface area contributed by atoms with Gasteiger partial charge in [-0.2, -0.15) is 23.5 Å². The van der Waals surface area contributed by atoms with Crippen LogP contribution in [0.4, 0.5) is 0 Å². The van der Waals surface area contributed by atoms with Crippen LogP contribution in [0.3, 0.4) is 0 Å². The number of hydrogen-bond donors (Lipinski definition) is 0. The number of hydrogen-bond acceptors (Lipinski definition) is 3. The van der Waals surface area contributed by atoms with Crippen molar-refractivity contribution in [3.63, 3.8) is 0 Å². The summed E-state index contributed by atoms with van der Waals surface area (Å²) in [7, 11) is 0. The van der Waals surface area contributed by atoms with Gasteiger partial charge in [-0.05, 0) is 0 Å². The SMILES string of the molecule is [C-]#[N+]/C(C#N)=C1/Sc2[c-]cc(C)[c-]c2S1.[K+].[K+].